The maximum Gasteiger partial charge on any atom is 0.229 e. The van der Waals surface area contributed by atoms with Gasteiger partial charge in [0, 0.05) is 42.1 Å². The number of allylic oxidation sites excluding steroid dienone is 4. The molecule has 1 heterocycles. The fourth-order valence-corrected chi connectivity index (χ4v) is 6.28. The Hall–Kier alpha value is -3.83. The van der Waals surface area contributed by atoms with E-state index in [4.69, 9.17) is 4.74 Å². The number of hydrogen-bond acceptors (Lipinski definition) is 3. The number of aromatic nitrogens is 1. The number of carbonyl (C=O) groups excluding carboxylic acids is 2. The molecule has 39 heavy (non-hydrogen) atoms. The van der Waals surface area contributed by atoms with Crippen LogP contribution in [0.25, 0.3) is 27.4 Å². The third kappa shape index (κ3) is 4.35. The van der Waals surface area contributed by atoms with Crippen molar-refractivity contribution in [2.24, 2.45) is 5.41 Å². The lowest BCUT2D eigenvalue weighted by Crippen LogP contribution is -2.40. The van der Waals surface area contributed by atoms with Crippen LogP contribution in [0.3, 0.4) is 0 Å². The fourth-order valence-electron chi connectivity index (χ4n) is 6.28. The normalized spacial score (nSPS) is 17.6. The summed E-state index contributed by atoms with van der Waals surface area (Å²) in [5.74, 6) is -1.20. The van der Waals surface area contributed by atoms with Crippen LogP contribution in [-0.4, -0.2) is 29.9 Å². The number of benzene rings is 3. The number of halogens is 1. The van der Waals surface area contributed by atoms with Gasteiger partial charge in [-0.25, -0.2) is 4.39 Å². The molecule has 4 nitrogen and oxygen atoms in total. The van der Waals surface area contributed by atoms with Crippen molar-refractivity contribution in [1.29, 1.82) is 0 Å². The second-order valence-electron chi connectivity index (χ2n) is 10.5. The molecule has 0 amide bonds. The molecule has 0 fully saturated rings. The zero-order valence-electron chi connectivity index (χ0n) is 23.2. The van der Waals surface area contributed by atoms with E-state index in [-0.39, 0.29) is 5.82 Å². The van der Waals surface area contributed by atoms with Crippen molar-refractivity contribution in [3.05, 3.63) is 100 Å². The van der Waals surface area contributed by atoms with Crippen molar-refractivity contribution in [1.82, 2.24) is 4.57 Å². The molecule has 5 rings (SSSR count). The summed E-state index contributed by atoms with van der Waals surface area (Å²) in [5, 5.41) is 1.78. The van der Waals surface area contributed by atoms with Gasteiger partial charge < -0.3 is 9.30 Å². The zero-order chi connectivity index (χ0) is 27.9. The minimum absolute atomic E-state index is 0.273. The van der Waals surface area contributed by atoms with E-state index in [2.05, 4.69) is 29.7 Å². The molecule has 5 heteroatoms. The molecule has 3 aromatic carbocycles. The van der Waals surface area contributed by atoms with E-state index in [1.165, 1.54) is 0 Å². The van der Waals surface area contributed by atoms with Gasteiger partial charge in [-0.05, 0) is 87.1 Å². The average Bonchev–Trinajstić information content (AvgIpc) is 3.26. The highest BCUT2D eigenvalue weighted by atomic mass is 19.1. The fraction of sp³-hybridized carbons (Fsp3) is 0.294. The lowest BCUT2D eigenvalue weighted by Gasteiger charge is -2.38. The van der Waals surface area contributed by atoms with E-state index < -0.39 is 17.0 Å². The number of carbonyl (C=O) groups is 2. The molecule has 0 saturated heterocycles. The summed E-state index contributed by atoms with van der Waals surface area (Å²) in [5.41, 5.74) is 5.99. The number of aryl methyl sites for hydroxylation is 2. The Morgan fingerprint density at radius 2 is 1.74 bits per heavy atom. The van der Waals surface area contributed by atoms with E-state index >= 15 is 0 Å². The number of nitrogens with zero attached hydrogens (tertiary/aromatic N) is 1. The number of ketones is 2. The minimum atomic E-state index is -1.08. The van der Waals surface area contributed by atoms with Gasteiger partial charge >= 0.3 is 0 Å². The van der Waals surface area contributed by atoms with Crippen molar-refractivity contribution in [2.45, 2.75) is 47.1 Å². The number of methoxy groups -OCH3 is 1. The first kappa shape index (κ1) is 26.8. The smallest absolute Gasteiger partial charge is 0.229 e. The molecule has 1 aromatic heterocycles. The van der Waals surface area contributed by atoms with E-state index in [9.17, 15) is 14.0 Å². The average molecular weight is 524 g/mol. The summed E-state index contributed by atoms with van der Waals surface area (Å²) in [6.45, 7) is 9.16. The Balaban J connectivity index is 1.77. The van der Waals surface area contributed by atoms with Crippen LogP contribution in [0.15, 0.2) is 77.9 Å². The molecule has 200 valence electrons. The summed E-state index contributed by atoms with van der Waals surface area (Å²) in [6, 6.07) is 18.1. The van der Waals surface area contributed by atoms with Crippen molar-refractivity contribution in [3.8, 4) is 0 Å². The topological polar surface area (TPSA) is 48.3 Å². The van der Waals surface area contributed by atoms with Crippen LogP contribution in [0.2, 0.25) is 0 Å². The maximum atomic E-state index is 14.6. The first-order valence-corrected chi connectivity index (χ1v) is 13.5. The standard InChI is InChI=1S/C34H34FNO3/c1-6-36-29-13-12-25(19-27(29)28-20-26(35)18-22(3)31(28)36)30-23(4)21(2)14-15-34(30,16-17-39-5)33(38)32(37)24-10-8-7-9-11-24/h7-14,18-20H,6,15-17H2,1-5H3. The molecule has 4 aromatic rings. The lowest BCUT2D eigenvalue weighted by atomic mass is 9.63. The van der Waals surface area contributed by atoms with E-state index in [1.807, 2.05) is 32.9 Å². The molecule has 1 aliphatic rings. The van der Waals surface area contributed by atoms with E-state index in [1.54, 1.807) is 43.5 Å². The monoisotopic (exact) mass is 523 g/mol. The molecule has 1 atom stereocenters. The first-order chi connectivity index (χ1) is 18.7. The van der Waals surface area contributed by atoms with Crippen LogP contribution >= 0.6 is 0 Å². The van der Waals surface area contributed by atoms with Gasteiger partial charge in [0.1, 0.15) is 5.82 Å². The molecule has 1 aliphatic carbocycles. The van der Waals surface area contributed by atoms with Crippen molar-refractivity contribution >= 4 is 38.9 Å². The molecule has 0 aliphatic heterocycles. The van der Waals surface area contributed by atoms with Crippen LogP contribution in [0.5, 0.6) is 0 Å². The van der Waals surface area contributed by atoms with Gasteiger partial charge in [0.15, 0.2) is 0 Å². The maximum absolute atomic E-state index is 14.6. The van der Waals surface area contributed by atoms with Crippen molar-refractivity contribution in [2.75, 3.05) is 13.7 Å². The molecule has 0 bridgehead atoms. The number of rotatable bonds is 8. The van der Waals surface area contributed by atoms with Gasteiger partial charge in [0.05, 0.1) is 10.9 Å². The summed E-state index contributed by atoms with van der Waals surface area (Å²) < 4.78 is 22.3. The summed E-state index contributed by atoms with van der Waals surface area (Å²) in [4.78, 5) is 27.9. The van der Waals surface area contributed by atoms with Gasteiger partial charge in [0.2, 0.25) is 11.6 Å². The third-order valence-electron chi connectivity index (χ3n) is 8.33. The van der Waals surface area contributed by atoms with Crippen molar-refractivity contribution in [3.63, 3.8) is 0 Å². The van der Waals surface area contributed by atoms with Gasteiger partial charge in [-0.15, -0.1) is 0 Å². The molecule has 0 saturated carbocycles. The largest absolute Gasteiger partial charge is 0.385 e. The van der Waals surface area contributed by atoms with Crippen LogP contribution in [0.4, 0.5) is 4.39 Å². The van der Waals surface area contributed by atoms with Gasteiger partial charge in [0.25, 0.3) is 0 Å². The summed E-state index contributed by atoms with van der Waals surface area (Å²) in [6.07, 6.45) is 2.85. The van der Waals surface area contributed by atoms with Crippen molar-refractivity contribution < 1.29 is 18.7 Å². The first-order valence-electron chi connectivity index (χ1n) is 13.5. The number of ether oxygens (including phenoxy) is 1. The number of fused-ring (bicyclic) bond motifs is 3. The Labute approximate surface area is 228 Å². The molecule has 0 N–H and O–H groups in total. The highest BCUT2D eigenvalue weighted by Gasteiger charge is 2.47. The second-order valence-corrected chi connectivity index (χ2v) is 10.5. The van der Waals surface area contributed by atoms with Crippen LogP contribution in [0.1, 0.15) is 55.1 Å². The number of hydrogen-bond donors (Lipinski definition) is 0. The van der Waals surface area contributed by atoms with Crippen LogP contribution < -0.4 is 0 Å². The second kappa shape index (κ2) is 10.4. The van der Waals surface area contributed by atoms with Crippen LogP contribution in [-0.2, 0) is 16.1 Å². The Morgan fingerprint density at radius 1 is 1.00 bits per heavy atom. The van der Waals surface area contributed by atoms with Gasteiger partial charge in [-0.3, -0.25) is 9.59 Å². The Bertz CT molecular complexity index is 1680. The third-order valence-corrected chi connectivity index (χ3v) is 8.33. The van der Waals surface area contributed by atoms with E-state index in [0.717, 1.165) is 56.2 Å². The summed E-state index contributed by atoms with van der Waals surface area (Å²) in [7, 11) is 1.61. The van der Waals surface area contributed by atoms with Gasteiger partial charge in [-0.2, -0.15) is 0 Å². The Morgan fingerprint density at radius 3 is 2.44 bits per heavy atom. The van der Waals surface area contributed by atoms with Gasteiger partial charge in [-0.1, -0.05) is 48.0 Å². The van der Waals surface area contributed by atoms with E-state index in [0.29, 0.717) is 25.0 Å². The molecular formula is C34H34FNO3. The SMILES string of the molecule is CCn1c2ccc(C3=C(C)C(C)=CCC3(CCOC)C(=O)C(=O)c3ccccc3)cc2c2cc(F)cc(C)c21. The highest BCUT2D eigenvalue weighted by Crippen LogP contribution is 2.50. The number of Topliss-reactive ketones (excluding diaryl/α,β-unsaturated/α-hetero) is 2. The lowest BCUT2D eigenvalue weighted by molar-refractivity contribution is -0.122. The predicted molar refractivity (Wildman–Crippen MR) is 155 cm³/mol. The molecule has 1 unspecified atom stereocenters. The zero-order valence-corrected chi connectivity index (χ0v) is 23.2. The molecule has 0 spiro atoms. The molecular weight excluding hydrogens is 489 g/mol. The Kier molecular flexibility index (Phi) is 7.13. The molecule has 0 radical (unpaired) electrons. The van der Waals surface area contributed by atoms with Crippen LogP contribution in [0, 0.1) is 18.2 Å². The minimum Gasteiger partial charge on any atom is -0.385 e. The quantitative estimate of drug-likeness (QED) is 0.174. The highest BCUT2D eigenvalue weighted by molar-refractivity contribution is 6.47. The summed E-state index contributed by atoms with van der Waals surface area (Å²) >= 11 is 0. The predicted octanol–water partition coefficient (Wildman–Crippen LogP) is 7.86.